The second-order valence-corrected chi connectivity index (χ2v) is 4.50. The summed E-state index contributed by atoms with van der Waals surface area (Å²) in [5.74, 6) is -1.50. The molecule has 0 radical (unpaired) electrons. The highest BCUT2D eigenvalue weighted by Crippen LogP contribution is 2.34. The summed E-state index contributed by atoms with van der Waals surface area (Å²) in [6.07, 6.45) is -0.207. The van der Waals surface area contributed by atoms with Gasteiger partial charge in [0.1, 0.15) is 5.41 Å². The van der Waals surface area contributed by atoms with Crippen LogP contribution in [0.1, 0.15) is 25.7 Å². The Hall–Kier alpha value is -2.92. The van der Waals surface area contributed by atoms with Gasteiger partial charge < -0.3 is 4.85 Å². The highest BCUT2D eigenvalue weighted by molar-refractivity contribution is 6.19. The summed E-state index contributed by atoms with van der Waals surface area (Å²) in [6, 6.07) is 2.82. The summed E-state index contributed by atoms with van der Waals surface area (Å²) in [5, 5.41) is 19.3. The molecule has 21 heavy (non-hydrogen) atoms. The minimum atomic E-state index is -1.58. The fourth-order valence-corrected chi connectivity index (χ4v) is 2.18. The van der Waals surface area contributed by atoms with Crippen molar-refractivity contribution in [1.29, 1.82) is 10.5 Å². The standard InChI is InChI=1S/C13H13N5O3/c1-16-8-5-13(4-2-6-14)10(19)17-12(21)18(11(13)20)9-3-7-15/h2-5,8-9H2,(H,17,19,21). The van der Waals surface area contributed by atoms with Gasteiger partial charge in [0.25, 0.3) is 0 Å². The third-order valence-electron chi connectivity index (χ3n) is 3.32. The number of imide groups is 2. The van der Waals surface area contributed by atoms with Crippen LogP contribution >= 0.6 is 0 Å². The van der Waals surface area contributed by atoms with Gasteiger partial charge in [0.2, 0.25) is 18.4 Å². The van der Waals surface area contributed by atoms with Crippen LogP contribution in [0.4, 0.5) is 4.79 Å². The molecule has 0 aromatic heterocycles. The molecule has 108 valence electrons. The number of urea groups is 1. The molecule has 0 aromatic rings. The molecule has 1 aliphatic rings. The van der Waals surface area contributed by atoms with Crippen molar-refractivity contribution in [3.63, 3.8) is 0 Å². The molecule has 4 amide bonds. The molecule has 0 bridgehead atoms. The number of nitrogens with one attached hydrogen (secondary N) is 1. The molecule has 1 rings (SSSR count). The molecule has 0 saturated carbocycles. The van der Waals surface area contributed by atoms with E-state index in [1.54, 1.807) is 0 Å². The third-order valence-corrected chi connectivity index (χ3v) is 3.32. The van der Waals surface area contributed by atoms with Gasteiger partial charge in [-0.05, 0) is 6.42 Å². The van der Waals surface area contributed by atoms with E-state index in [0.29, 0.717) is 0 Å². The normalized spacial score (nSPS) is 21.2. The molecule has 0 aliphatic carbocycles. The number of barbiturate groups is 1. The van der Waals surface area contributed by atoms with Gasteiger partial charge in [-0.15, -0.1) is 0 Å². The van der Waals surface area contributed by atoms with Crippen LogP contribution in [-0.4, -0.2) is 35.8 Å². The van der Waals surface area contributed by atoms with Gasteiger partial charge in [0.15, 0.2) is 0 Å². The summed E-state index contributed by atoms with van der Waals surface area (Å²) < 4.78 is 0. The molecule has 1 unspecified atom stereocenters. The minimum Gasteiger partial charge on any atom is -0.317 e. The Morgan fingerprint density at radius 3 is 2.43 bits per heavy atom. The van der Waals surface area contributed by atoms with E-state index in [2.05, 4.69) is 10.2 Å². The first kappa shape index (κ1) is 16.1. The van der Waals surface area contributed by atoms with Crippen molar-refractivity contribution in [2.45, 2.75) is 25.7 Å². The van der Waals surface area contributed by atoms with Crippen LogP contribution < -0.4 is 5.32 Å². The Morgan fingerprint density at radius 1 is 1.19 bits per heavy atom. The van der Waals surface area contributed by atoms with Crippen molar-refractivity contribution in [2.24, 2.45) is 5.41 Å². The zero-order valence-corrected chi connectivity index (χ0v) is 11.3. The molecule has 1 heterocycles. The van der Waals surface area contributed by atoms with Crippen molar-refractivity contribution < 1.29 is 14.4 Å². The van der Waals surface area contributed by atoms with Crippen molar-refractivity contribution >= 4 is 17.8 Å². The maximum Gasteiger partial charge on any atom is 0.330 e. The Labute approximate surface area is 121 Å². The molecular weight excluding hydrogens is 274 g/mol. The third kappa shape index (κ3) is 3.16. The second kappa shape index (κ2) is 7.02. The van der Waals surface area contributed by atoms with E-state index < -0.39 is 23.3 Å². The van der Waals surface area contributed by atoms with Crippen LogP contribution in [0.15, 0.2) is 0 Å². The van der Waals surface area contributed by atoms with E-state index in [-0.39, 0.29) is 38.8 Å². The van der Waals surface area contributed by atoms with Gasteiger partial charge in [-0.3, -0.25) is 19.8 Å². The summed E-state index contributed by atoms with van der Waals surface area (Å²) in [5.41, 5.74) is -1.58. The molecule has 1 atom stereocenters. The number of carbonyl (C=O) groups is 3. The number of amides is 4. The van der Waals surface area contributed by atoms with Crippen molar-refractivity contribution in [3.05, 3.63) is 11.4 Å². The Bertz CT molecular complexity index is 560. The quantitative estimate of drug-likeness (QED) is 0.566. The summed E-state index contributed by atoms with van der Waals surface area (Å²) in [7, 11) is 0. The van der Waals surface area contributed by atoms with Crippen LogP contribution in [-0.2, 0) is 9.59 Å². The zero-order chi connectivity index (χ0) is 15.9. The second-order valence-electron chi connectivity index (χ2n) is 4.50. The predicted molar refractivity (Wildman–Crippen MR) is 68.8 cm³/mol. The van der Waals surface area contributed by atoms with Crippen LogP contribution in [0.25, 0.3) is 4.85 Å². The fraction of sp³-hybridized carbons (Fsp3) is 0.538. The van der Waals surface area contributed by atoms with Gasteiger partial charge in [-0.25, -0.2) is 11.4 Å². The van der Waals surface area contributed by atoms with E-state index >= 15 is 0 Å². The molecule has 0 aromatic carbocycles. The SMILES string of the molecule is [C-]#[N+]CCC1(CCC#N)C(=O)NC(=O)N(CCC#N)C1=O. The van der Waals surface area contributed by atoms with Gasteiger partial charge >= 0.3 is 6.03 Å². The number of nitrogens with zero attached hydrogens (tertiary/aromatic N) is 4. The topological polar surface area (TPSA) is 118 Å². The van der Waals surface area contributed by atoms with Crippen molar-refractivity contribution in [1.82, 2.24) is 10.2 Å². The summed E-state index contributed by atoms with van der Waals surface area (Å²) in [6.45, 7) is 6.62. The lowest BCUT2D eigenvalue weighted by Crippen LogP contribution is -2.64. The number of rotatable bonds is 6. The smallest absolute Gasteiger partial charge is 0.317 e. The minimum absolute atomic E-state index is 0.0442. The highest BCUT2D eigenvalue weighted by atomic mass is 16.2. The maximum absolute atomic E-state index is 12.5. The Kier molecular flexibility index (Phi) is 5.39. The Morgan fingerprint density at radius 2 is 1.86 bits per heavy atom. The van der Waals surface area contributed by atoms with E-state index in [1.807, 2.05) is 12.1 Å². The molecule has 1 N–H and O–H groups in total. The lowest BCUT2D eigenvalue weighted by atomic mass is 9.76. The summed E-state index contributed by atoms with van der Waals surface area (Å²) in [4.78, 5) is 40.3. The van der Waals surface area contributed by atoms with E-state index in [4.69, 9.17) is 17.1 Å². The monoisotopic (exact) mass is 287 g/mol. The number of hydrogen-bond acceptors (Lipinski definition) is 5. The molecular formula is C13H13N5O3. The van der Waals surface area contributed by atoms with E-state index in [0.717, 1.165) is 4.90 Å². The number of nitriles is 2. The van der Waals surface area contributed by atoms with Crippen LogP contribution in [0, 0.1) is 34.6 Å². The highest BCUT2D eigenvalue weighted by Gasteiger charge is 2.53. The van der Waals surface area contributed by atoms with E-state index in [9.17, 15) is 14.4 Å². The van der Waals surface area contributed by atoms with Crippen LogP contribution in [0.3, 0.4) is 0 Å². The van der Waals surface area contributed by atoms with Crippen molar-refractivity contribution in [3.8, 4) is 12.1 Å². The molecule has 1 fully saturated rings. The number of carbonyl (C=O) groups excluding carboxylic acids is 3. The molecule has 0 spiro atoms. The largest absolute Gasteiger partial charge is 0.330 e. The van der Waals surface area contributed by atoms with Gasteiger partial charge in [-0.2, -0.15) is 10.5 Å². The lowest BCUT2D eigenvalue weighted by Gasteiger charge is -2.37. The number of hydrogen-bond donors (Lipinski definition) is 1. The maximum atomic E-state index is 12.5. The fourth-order valence-electron chi connectivity index (χ4n) is 2.18. The Balaban J connectivity index is 3.13. The van der Waals surface area contributed by atoms with Crippen LogP contribution in [0.5, 0.6) is 0 Å². The van der Waals surface area contributed by atoms with Gasteiger partial charge in [-0.1, -0.05) is 0 Å². The first-order valence-corrected chi connectivity index (χ1v) is 6.28. The molecule has 1 saturated heterocycles. The predicted octanol–water partition coefficient (Wildman–Crippen LogP) is 0.578. The van der Waals surface area contributed by atoms with Gasteiger partial charge in [0.05, 0.1) is 18.6 Å². The van der Waals surface area contributed by atoms with Gasteiger partial charge in [0, 0.05) is 19.4 Å². The van der Waals surface area contributed by atoms with Crippen molar-refractivity contribution in [2.75, 3.05) is 13.1 Å². The lowest BCUT2D eigenvalue weighted by molar-refractivity contribution is -0.152. The summed E-state index contributed by atoms with van der Waals surface area (Å²) >= 11 is 0. The molecule has 8 nitrogen and oxygen atoms in total. The molecule has 1 aliphatic heterocycles. The zero-order valence-electron chi connectivity index (χ0n) is 11.3. The van der Waals surface area contributed by atoms with E-state index in [1.165, 1.54) is 0 Å². The average molecular weight is 287 g/mol. The first-order valence-electron chi connectivity index (χ1n) is 6.28. The average Bonchev–Trinajstić information content (AvgIpc) is 2.46. The van der Waals surface area contributed by atoms with Crippen LogP contribution in [0.2, 0.25) is 0 Å². The molecule has 8 heteroatoms. The first-order chi connectivity index (χ1) is 10.0.